The molecule has 0 fully saturated rings. The lowest BCUT2D eigenvalue weighted by atomic mass is 10.2. The average Bonchev–Trinajstić information content (AvgIpc) is 1.88. The van der Waals surface area contributed by atoms with Gasteiger partial charge in [-0.2, -0.15) is 0 Å². The van der Waals surface area contributed by atoms with Crippen LogP contribution in [-0.2, 0) is 0 Å². The standard InChI is InChI=1S/C5H9N2O2P/c8-7(9)5-2-1-3-6(10)4-5/h2H,1,3-4,10H2. The van der Waals surface area contributed by atoms with Crippen molar-refractivity contribution in [1.82, 2.24) is 4.67 Å². The maximum Gasteiger partial charge on any atom is 0.256 e. The summed E-state index contributed by atoms with van der Waals surface area (Å²) in [5, 5.41) is 10.2. The predicted octanol–water partition coefficient (Wildman–Crippen LogP) is 0.643. The summed E-state index contributed by atoms with van der Waals surface area (Å²) in [7, 11) is 2.46. The molecule has 56 valence electrons. The Bertz CT molecular complexity index is 180. The minimum atomic E-state index is -0.323. The van der Waals surface area contributed by atoms with Crippen molar-refractivity contribution in [3.05, 3.63) is 21.9 Å². The van der Waals surface area contributed by atoms with Crippen molar-refractivity contribution in [3.8, 4) is 0 Å². The summed E-state index contributed by atoms with van der Waals surface area (Å²) in [5.41, 5.74) is 0.307. The molecule has 1 heterocycles. The van der Waals surface area contributed by atoms with Gasteiger partial charge >= 0.3 is 0 Å². The van der Waals surface area contributed by atoms with Gasteiger partial charge in [0.15, 0.2) is 0 Å². The van der Waals surface area contributed by atoms with E-state index < -0.39 is 0 Å². The van der Waals surface area contributed by atoms with Crippen molar-refractivity contribution in [3.63, 3.8) is 0 Å². The molecule has 5 heteroatoms. The van der Waals surface area contributed by atoms with Gasteiger partial charge in [0.1, 0.15) is 0 Å². The van der Waals surface area contributed by atoms with Crippen molar-refractivity contribution in [2.45, 2.75) is 6.42 Å². The van der Waals surface area contributed by atoms with Gasteiger partial charge in [0.25, 0.3) is 5.70 Å². The largest absolute Gasteiger partial charge is 0.277 e. The third-order valence-corrected chi connectivity index (χ3v) is 1.84. The number of rotatable bonds is 1. The minimum absolute atomic E-state index is 0.307. The molecule has 0 saturated heterocycles. The smallest absolute Gasteiger partial charge is 0.256 e. The highest BCUT2D eigenvalue weighted by Crippen LogP contribution is 2.12. The van der Waals surface area contributed by atoms with Crippen LogP contribution >= 0.6 is 9.39 Å². The second kappa shape index (κ2) is 3.08. The molecule has 0 spiro atoms. The Labute approximate surface area is 61.3 Å². The quantitative estimate of drug-likeness (QED) is 0.321. The van der Waals surface area contributed by atoms with E-state index in [-0.39, 0.29) is 4.92 Å². The molecule has 0 aromatic carbocycles. The molecule has 0 saturated carbocycles. The van der Waals surface area contributed by atoms with E-state index in [2.05, 4.69) is 9.39 Å². The number of hydrogen-bond donors (Lipinski definition) is 0. The Morgan fingerprint density at radius 2 is 2.50 bits per heavy atom. The first-order chi connectivity index (χ1) is 4.70. The summed E-state index contributed by atoms with van der Waals surface area (Å²) in [5.74, 6) is 0. The molecule has 4 nitrogen and oxygen atoms in total. The molecule has 0 amide bonds. The third-order valence-electron chi connectivity index (χ3n) is 1.40. The Morgan fingerprint density at radius 3 is 2.90 bits per heavy atom. The van der Waals surface area contributed by atoms with E-state index in [1.165, 1.54) is 0 Å². The van der Waals surface area contributed by atoms with Crippen molar-refractivity contribution in [2.24, 2.45) is 0 Å². The second-order valence-corrected chi connectivity index (χ2v) is 2.94. The molecule has 1 atom stereocenters. The highest BCUT2D eigenvalue weighted by atomic mass is 31.0. The molecule has 10 heavy (non-hydrogen) atoms. The monoisotopic (exact) mass is 160 g/mol. The molecule has 0 radical (unpaired) electrons. The Hall–Kier alpha value is -0.470. The van der Waals surface area contributed by atoms with Crippen molar-refractivity contribution >= 4 is 9.39 Å². The zero-order valence-corrected chi connectivity index (χ0v) is 6.64. The fourth-order valence-corrected chi connectivity index (χ4v) is 1.22. The highest BCUT2D eigenvalue weighted by molar-refractivity contribution is 7.13. The first-order valence-electron chi connectivity index (χ1n) is 3.03. The van der Waals surface area contributed by atoms with Gasteiger partial charge in [-0.1, -0.05) is 9.39 Å². The zero-order valence-electron chi connectivity index (χ0n) is 5.49. The fraction of sp³-hybridized carbons (Fsp3) is 0.600. The van der Waals surface area contributed by atoms with Crippen molar-refractivity contribution in [1.29, 1.82) is 0 Å². The Balaban J connectivity index is 2.60. The molecular formula is C5H9N2O2P. The van der Waals surface area contributed by atoms with E-state index in [1.54, 1.807) is 6.08 Å². The summed E-state index contributed by atoms with van der Waals surface area (Å²) in [6.07, 6.45) is 2.46. The predicted molar refractivity (Wildman–Crippen MR) is 41.0 cm³/mol. The lowest BCUT2D eigenvalue weighted by molar-refractivity contribution is -0.428. The summed E-state index contributed by atoms with van der Waals surface area (Å²) in [4.78, 5) is 9.88. The summed E-state index contributed by atoms with van der Waals surface area (Å²) in [6.45, 7) is 1.33. The third kappa shape index (κ3) is 1.75. The minimum Gasteiger partial charge on any atom is -0.277 e. The van der Waals surface area contributed by atoms with E-state index in [1.807, 2.05) is 4.67 Å². The average molecular weight is 160 g/mol. The first kappa shape index (κ1) is 7.63. The lowest BCUT2D eigenvalue weighted by Gasteiger charge is -2.16. The van der Waals surface area contributed by atoms with Crippen LogP contribution in [0.4, 0.5) is 0 Å². The maximum atomic E-state index is 10.2. The fourth-order valence-electron chi connectivity index (χ4n) is 0.881. The van der Waals surface area contributed by atoms with Crippen LogP contribution in [0.2, 0.25) is 0 Å². The topological polar surface area (TPSA) is 46.4 Å². The number of hydrogen-bond acceptors (Lipinski definition) is 3. The highest BCUT2D eigenvalue weighted by Gasteiger charge is 2.16. The van der Waals surface area contributed by atoms with Crippen LogP contribution in [0.3, 0.4) is 0 Å². The van der Waals surface area contributed by atoms with Gasteiger partial charge in [-0.05, 0) is 12.5 Å². The van der Waals surface area contributed by atoms with E-state index in [0.717, 1.165) is 13.0 Å². The molecule has 0 aromatic rings. The molecule has 1 rings (SSSR count). The SMILES string of the molecule is O=[N+]([O-])C1=CCCN(P)C1. The van der Waals surface area contributed by atoms with Gasteiger partial charge in [-0.25, -0.2) is 0 Å². The molecule has 1 unspecified atom stereocenters. The first-order valence-corrected chi connectivity index (χ1v) is 3.55. The lowest BCUT2D eigenvalue weighted by Crippen LogP contribution is -2.23. The van der Waals surface area contributed by atoms with Crippen molar-refractivity contribution < 1.29 is 4.92 Å². The van der Waals surface area contributed by atoms with Gasteiger partial charge in [0, 0.05) is 6.54 Å². The molecule has 0 N–H and O–H groups in total. The number of nitro groups is 1. The van der Waals surface area contributed by atoms with E-state index in [4.69, 9.17) is 0 Å². The van der Waals surface area contributed by atoms with Gasteiger partial charge in [-0.15, -0.1) is 0 Å². The molecule has 1 aliphatic heterocycles. The van der Waals surface area contributed by atoms with Crippen LogP contribution in [0.15, 0.2) is 11.8 Å². The van der Waals surface area contributed by atoms with Crippen LogP contribution in [0.1, 0.15) is 6.42 Å². The molecule has 1 aliphatic rings. The Kier molecular flexibility index (Phi) is 2.35. The summed E-state index contributed by atoms with van der Waals surface area (Å²) < 4.78 is 1.86. The zero-order chi connectivity index (χ0) is 7.56. The molecule has 0 bridgehead atoms. The Morgan fingerprint density at radius 1 is 1.80 bits per heavy atom. The summed E-state index contributed by atoms with van der Waals surface area (Å²) in [6, 6.07) is 0. The van der Waals surface area contributed by atoms with Crippen LogP contribution < -0.4 is 0 Å². The van der Waals surface area contributed by atoms with E-state index in [0.29, 0.717) is 12.2 Å². The molecule has 0 aliphatic carbocycles. The van der Waals surface area contributed by atoms with Crippen LogP contribution in [-0.4, -0.2) is 22.7 Å². The van der Waals surface area contributed by atoms with E-state index in [9.17, 15) is 10.1 Å². The van der Waals surface area contributed by atoms with Gasteiger partial charge in [0.05, 0.1) is 11.5 Å². The van der Waals surface area contributed by atoms with Crippen LogP contribution in [0.25, 0.3) is 0 Å². The second-order valence-electron chi connectivity index (χ2n) is 2.21. The summed E-state index contributed by atoms with van der Waals surface area (Å²) >= 11 is 0. The maximum absolute atomic E-state index is 10.2. The van der Waals surface area contributed by atoms with Gasteiger partial charge < -0.3 is 0 Å². The van der Waals surface area contributed by atoms with Gasteiger partial charge in [0.2, 0.25) is 0 Å². The van der Waals surface area contributed by atoms with Crippen LogP contribution in [0.5, 0.6) is 0 Å². The number of nitrogens with zero attached hydrogens (tertiary/aromatic N) is 2. The van der Waals surface area contributed by atoms with Crippen LogP contribution in [0, 0.1) is 10.1 Å². The normalized spacial score (nSPS) is 20.3. The molecule has 0 aromatic heterocycles. The van der Waals surface area contributed by atoms with Gasteiger partial charge in [-0.3, -0.25) is 14.8 Å². The van der Waals surface area contributed by atoms with E-state index >= 15 is 0 Å². The molecular weight excluding hydrogens is 151 g/mol. The van der Waals surface area contributed by atoms with Crippen molar-refractivity contribution in [2.75, 3.05) is 13.1 Å².